The standard InChI is InChI=1S/C15H23NO2S/c1-3-8-16-15(14-11-19-10-9-18-14)12-6-4-5-7-13(12)17-2/h4-7,14-16H,3,8-11H2,1-2H3. The lowest BCUT2D eigenvalue weighted by atomic mass is 10.0. The van der Waals surface area contributed by atoms with E-state index in [1.54, 1.807) is 7.11 Å². The highest BCUT2D eigenvalue weighted by atomic mass is 32.2. The van der Waals surface area contributed by atoms with Crippen molar-refractivity contribution in [1.29, 1.82) is 0 Å². The average molecular weight is 281 g/mol. The van der Waals surface area contributed by atoms with Crippen molar-refractivity contribution < 1.29 is 9.47 Å². The van der Waals surface area contributed by atoms with Crippen molar-refractivity contribution in [2.24, 2.45) is 0 Å². The second kappa shape index (κ2) is 7.78. The minimum atomic E-state index is 0.212. The highest BCUT2D eigenvalue weighted by Crippen LogP contribution is 2.31. The lowest BCUT2D eigenvalue weighted by Crippen LogP contribution is -2.38. The molecule has 19 heavy (non-hydrogen) atoms. The van der Waals surface area contributed by atoms with Gasteiger partial charge in [0.25, 0.3) is 0 Å². The highest BCUT2D eigenvalue weighted by molar-refractivity contribution is 7.99. The van der Waals surface area contributed by atoms with Gasteiger partial charge in [0, 0.05) is 17.1 Å². The van der Waals surface area contributed by atoms with Crippen LogP contribution in [0.2, 0.25) is 0 Å². The van der Waals surface area contributed by atoms with Gasteiger partial charge in [0.2, 0.25) is 0 Å². The Balaban J connectivity index is 2.19. The van der Waals surface area contributed by atoms with Gasteiger partial charge in [-0.15, -0.1) is 0 Å². The van der Waals surface area contributed by atoms with Crippen LogP contribution in [0.15, 0.2) is 24.3 Å². The molecule has 2 atom stereocenters. The molecular weight excluding hydrogens is 258 g/mol. The summed E-state index contributed by atoms with van der Waals surface area (Å²) in [6, 6.07) is 8.44. The van der Waals surface area contributed by atoms with Gasteiger partial charge < -0.3 is 14.8 Å². The van der Waals surface area contributed by atoms with Gasteiger partial charge >= 0.3 is 0 Å². The molecule has 1 saturated heterocycles. The Morgan fingerprint density at radius 3 is 3.00 bits per heavy atom. The van der Waals surface area contributed by atoms with Gasteiger partial charge in [0.15, 0.2) is 0 Å². The second-order valence-electron chi connectivity index (χ2n) is 4.66. The third kappa shape index (κ3) is 3.88. The van der Waals surface area contributed by atoms with E-state index in [9.17, 15) is 0 Å². The Kier molecular flexibility index (Phi) is 6.01. The minimum absolute atomic E-state index is 0.212. The number of hydrogen-bond acceptors (Lipinski definition) is 4. The van der Waals surface area contributed by atoms with Gasteiger partial charge in [-0.1, -0.05) is 25.1 Å². The number of benzene rings is 1. The van der Waals surface area contributed by atoms with E-state index in [1.165, 1.54) is 5.56 Å². The van der Waals surface area contributed by atoms with Crippen LogP contribution in [0.5, 0.6) is 5.75 Å². The van der Waals surface area contributed by atoms with Gasteiger partial charge in [-0.3, -0.25) is 0 Å². The van der Waals surface area contributed by atoms with Gasteiger partial charge in [-0.05, 0) is 19.0 Å². The number of methoxy groups -OCH3 is 1. The summed E-state index contributed by atoms with van der Waals surface area (Å²) in [6.45, 7) is 4.02. The number of nitrogens with one attached hydrogen (secondary N) is 1. The molecule has 2 rings (SSSR count). The molecule has 4 heteroatoms. The molecule has 0 bridgehead atoms. The van der Waals surface area contributed by atoms with E-state index >= 15 is 0 Å². The molecule has 0 saturated carbocycles. The van der Waals surface area contributed by atoms with Crippen molar-refractivity contribution in [2.75, 3.05) is 31.8 Å². The second-order valence-corrected chi connectivity index (χ2v) is 5.81. The largest absolute Gasteiger partial charge is 0.496 e. The van der Waals surface area contributed by atoms with Gasteiger partial charge in [-0.2, -0.15) is 11.8 Å². The maximum Gasteiger partial charge on any atom is 0.123 e. The zero-order valence-electron chi connectivity index (χ0n) is 11.7. The zero-order chi connectivity index (χ0) is 13.5. The molecule has 1 N–H and O–H groups in total. The van der Waals surface area contributed by atoms with Crippen LogP contribution in [0, 0.1) is 0 Å². The van der Waals surface area contributed by atoms with Crippen molar-refractivity contribution >= 4 is 11.8 Å². The fraction of sp³-hybridized carbons (Fsp3) is 0.600. The fourth-order valence-electron chi connectivity index (χ4n) is 2.36. The SMILES string of the molecule is CCCNC(c1ccccc1OC)C1CSCCO1. The lowest BCUT2D eigenvalue weighted by molar-refractivity contribution is 0.0461. The van der Waals surface area contributed by atoms with Crippen molar-refractivity contribution in [3.05, 3.63) is 29.8 Å². The van der Waals surface area contributed by atoms with Crippen molar-refractivity contribution in [3.8, 4) is 5.75 Å². The number of thioether (sulfide) groups is 1. The molecule has 2 unspecified atom stereocenters. The van der Waals surface area contributed by atoms with Crippen LogP contribution < -0.4 is 10.1 Å². The summed E-state index contributed by atoms with van der Waals surface area (Å²) in [5, 5.41) is 3.61. The summed E-state index contributed by atoms with van der Waals surface area (Å²) in [7, 11) is 1.73. The predicted octanol–water partition coefficient (Wildman–Crippen LogP) is 2.87. The predicted molar refractivity (Wildman–Crippen MR) is 81.1 cm³/mol. The van der Waals surface area contributed by atoms with Crippen LogP contribution in [0.1, 0.15) is 24.9 Å². The zero-order valence-corrected chi connectivity index (χ0v) is 12.5. The molecule has 1 heterocycles. The smallest absolute Gasteiger partial charge is 0.123 e. The van der Waals surface area contributed by atoms with Gasteiger partial charge in [0.1, 0.15) is 5.75 Å². The molecule has 1 aliphatic rings. The number of hydrogen-bond donors (Lipinski definition) is 1. The third-order valence-electron chi connectivity index (χ3n) is 3.30. The summed E-state index contributed by atoms with van der Waals surface area (Å²) < 4.78 is 11.4. The van der Waals surface area contributed by atoms with E-state index in [0.717, 1.165) is 36.8 Å². The molecule has 106 valence electrons. The fourth-order valence-corrected chi connectivity index (χ4v) is 3.27. The summed E-state index contributed by atoms with van der Waals surface area (Å²) in [5.74, 6) is 3.08. The molecule has 0 aliphatic carbocycles. The maximum atomic E-state index is 5.95. The monoisotopic (exact) mass is 281 g/mol. The van der Waals surface area contributed by atoms with Crippen molar-refractivity contribution in [3.63, 3.8) is 0 Å². The molecule has 1 fully saturated rings. The highest BCUT2D eigenvalue weighted by Gasteiger charge is 2.27. The summed E-state index contributed by atoms with van der Waals surface area (Å²) in [5.41, 5.74) is 1.20. The summed E-state index contributed by atoms with van der Waals surface area (Å²) in [6.07, 6.45) is 1.34. The van der Waals surface area contributed by atoms with Crippen LogP contribution in [-0.2, 0) is 4.74 Å². The molecule has 0 spiro atoms. The number of ether oxygens (including phenoxy) is 2. The minimum Gasteiger partial charge on any atom is -0.496 e. The Hall–Kier alpha value is -0.710. The van der Waals surface area contributed by atoms with E-state index in [0.29, 0.717) is 0 Å². The van der Waals surface area contributed by atoms with Gasteiger partial charge in [-0.25, -0.2) is 0 Å². The first-order valence-corrected chi connectivity index (χ1v) is 8.08. The van der Waals surface area contributed by atoms with E-state index in [-0.39, 0.29) is 12.1 Å². The topological polar surface area (TPSA) is 30.5 Å². The molecule has 0 radical (unpaired) electrons. The van der Waals surface area contributed by atoms with Crippen LogP contribution >= 0.6 is 11.8 Å². The van der Waals surface area contributed by atoms with Gasteiger partial charge in [0.05, 0.1) is 25.9 Å². The van der Waals surface area contributed by atoms with Crippen molar-refractivity contribution in [2.45, 2.75) is 25.5 Å². The first kappa shape index (κ1) is 14.7. The van der Waals surface area contributed by atoms with Crippen LogP contribution in [-0.4, -0.2) is 37.9 Å². The maximum absolute atomic E-state index is 5.95. The van der Waals surface area contributed by atoms with E-state index in [1.807, 2.05) is 23.9 Å². The number of para-hydroxylation sites is 1. The first-order valence-electron chi connectivity index (χ1n) is 6.92. The van der Waals surface area contributed by atoms with E-state index in [4.69, 9.17) is 9.47 Å². The van der Waals surface area contributed by atoms with Crippen LogP contribution in [0.25, 0.3) is 0 Å². The Morgan fingerprint density at radius 2 is 2.32 bits per heavy atom. The average Bonchev–Trinajstić information content (AvgIpc) is 2.49. The number of rotatable bonds is 6. The van der Waals surface area contributed by atoms with Crippen molar-refractivity contribution in [1.82, 2.24) is 5.32 Å². The molecule has 1 aromatic rings. The molecule has 1 aliphatic heterocycles. The molecular formula is C15H23NO2S. The Morgan fingerprint density at radius 1 is 1.47 bits per heavy atom. The lowest BCUT2D eigenvalue weighted by Gasteiger charge is -2.32. The normalized spacial score (nSPS) is 21.1. The summed E-state index contributed by atoms with van der Waals surface area (Å²) >= 11 is 1.97. The summed E-state index contributed by atoms with van der Waals surface area (Å²) in [4.78, 5) is 0. The third-order valence-corrected chi connectivity index (χ3v) is 4.32. The molecule has 0 amide bonds. The first-order chi connectivity index (χ1) is 9.36. The molecule has 1 aromatic carbocycles. The van der Waals surface area contributed by atoms with Crippen LogP contribution in [0.4, 0.5) is 0 Å². The molecule has 0 aromatic heterocycles. The quantitative estimate of drug-likeness (QED) is 0.868. The van der Waals surface area contributed by atoms with Crippen LogP contribution in [0.3, 0.4) is 0 Å². The molecule has 3 nitrogen and oxygen atoms in total. The van der Waals surface area contributed by atoms with E-state index < -0.39 is 0 Å². The van der Waals surface area contributed by atoms with E-state index in [2.05, 4.69) is 24.4 Å². The Labute approximate surface area is 120 Å². The Bertz CT molecular complexity index is 380.